The van der Waals surface area contributed by atoms with Crippen LogP contribution in [0.2, 0.25) is 5.02 Å². The summed E-state index contributed by atoms with van der Waals surface area (Å²) in [4.78, 5) is 16.6. The van der Waals surface area contributed by atoms with Crippen LogP contribution in [-0.2, 0) is 13.2 Å². The second-order valence-corrected chi connectivity index (χ2v) is 7.61. The first-order valence-corrected chi connectivity index (χ1v) is 10.1. The minimum absolute atomic E-state index is 0.158. The molecule has 0 atom stereocenters. The summed E-state index contributed by atoms with van der Waals surface area (Å²) in [5.74, 6) is 1.25. The lowest BCUT2D eigenvalue weighted by Gasteiger charge is -2.08. The van der Waals surface area contributed by atoms with Crippen molar-refractivity contribution < 1.29 is 13.9 Å². The Morgan fingerprint density at radius 1 is 1.16 bits per heavy atom. The first-order chi connectivity index (χ1) is 15.0. The molecule has 0 spiro atoms. The number of amides is 1. The zero-order chi connectivity index (χ0) is 21.8. The summed E-state index contributed by atoms with van der Waals surface area (Å²) >= 11 is 6.01. The van der Waals surface area contributed by atoms with Crippen LogP contribution in [0, 0.1) is 13.8 Å². The first kappa shape index (κ1) is 20.7. The minimum atomic E-state index is -0.432. The van der Waals surface area contributed by atoms with Gasteiger partial charge in [-0.15, -0.1) is 5.10 Å². The van der Waals surface area contributed by atoms with Gasteiger partial charge in [0.25, 0.3) is 5.91 Å². The van der Waals surface area contributed by atoms with E-state index in [0.717, 1.165) is 22.4 Å². The Hall–Kier alpha value is -3.58. The third-order valence-electron chi connectivity index (χ3n) is 4.59. The van der Waals surface area contributed by atoms with Crippen molar-refractivity contribution in [2.45, 2.75) is 27.0 Å². The molecule has 0 unspecified atom stereocenters. The normalized spacial score (nSPS) is 10.8. The number of hydrogen-bond donors (Lipinski definition) is 1. The molecule has 1 amide bonds. The highest BCUT2D eigenvalue weighted by molar-refractivity contribution is 6.30. The molecule has 4 aromatic rings. The van der Waals surface area contributed by atoms with Gasteiger partial charge in [0, 0.05) is 5.02 Å². The van der Waals surface area contributed by atoms with E-state index in [-0.39, 0.29) is 18.3 Å². The number of nitrogens with one attached hydrogen (secondary N) is 1. The van der Waals surface area contributed by atoms with E-state index in [1.54, 1.807) is 23.1 Å². The van der Waals surface area contributed by atoms with Crippen LogP contribution in [0.1, 0.15) is 33.0 Å². The number of nitrogens with zero attached hydrogens (tertiary/aromatic N) is 3. The number of carbonyl (C=O) groups excluding carboxylic acids is 1. The van der Waals surface area contributed by atoms with Gasteiger partial charge in [-0.05, 0) is 60.9 Å². The van der Waals surface area contributed by atoms with Gasteiger partial charge < -0.3 is 9.15 Å². The Labute approximate surface area is 184 Å². The second kappa shape index (κ2) is 9.06. The molecule has 2 heterocycles. The first-order valence-electron chi connectivity index (χ1n) is 9.70. The summed E-state index contributed by atoms with van der Waals surface area (Å²) in [6.07, 6.45) is 1.54. The van der Waals surface area contributed by atoms with Crippen molar-refractivity contribution in [2.75, 3.05) is 5.32 Å². The molecule has 0 saturated heterocycles. The van der Waals surface area contributed by atoms with Crippen molar-refractivity contribution in [1.29, 1.82) is 0 Å². The lowest BCUT2D eigenvalue weighted by molar-refractivity contribution is 0.0991. The highest BCUT2D eigenvalue weighted by atomic mass is 35.5. The molecule has 31 heavy (non-hydrogen) atoms. The van der Waals surface area contributed by atoms with E-state index < -0.39 is 5.91 Å². The second-order valence-electron chi connectivity index (χ2n) is 7.17. The Bertz CT molecular complexity index is 1220. The number of ether oxygens (including phenoxy) is 1. The third-order valence-corrected chi connectivity index (χ3v) is 4.83. The number of carbonyl (C=O) groups is 1. The molecule has 7 nitrogen and oxygen atoms in total. The Balaban J connectivity index is 1.35. The van der Waals surface area contributed by atoms with E-state index in [1.165, 1.54) is 0 Å². The molecule has 158 valence electrons. The van der Waals surface area contributed by atoms with Gasteiger partial charge in [-0.2, -0.15) is 0 Å². The number of hydrogen-bond acceptors (Lipinski definition) is 5. The summed E-state index contributed by atoms with van der Waals surface area (Å²) in [7, 11) is 0. The number of furan rings is 1. The molecule has 4 rings (SSSR count). The molecule has 0 radical (unpaired) electrons. The Morgan fingerprint density at radius 3 is 2.87 bits per heavy atom. The monoisotopic (exact) mass is 436 g/mol. The molecular weight excluding hydrogens is 416 g/mol. The summed E-state index contributed by atoms with van der Waals surface area (Å²) in [5.41, 5.74) is 3.13. The molecule has 0 fully saturated rings. The number of aromatic nitrogens is 3. The number of anilines is 1. The van der Waals surface area contributed by atoms with E-state index >= 15 is 0 Å². The van der Waals surface area contributed by atoms with Crippen LogP contribution in [0.4, 0.5) is 5.95 Å². The van der Waals surface area contributed by atoms with E-state index in [0.29, 0.717) is 17.3 Å². The average molecular weight is 437 g/mol. The average Bonchev–Trinajstić information content (AvgIpc) is 3.38. The van der Waals surface area contributed by atoms with E-state index in [4.69, 9.17) is 20.8 Å². The molecule has 0 saturated carbocycles. The van der Waals surface area contributed by atoms with E-state index in [2.05, 4.69) is 15.4 Å². The van der Waals surface area contributed by atoms with Gasteiger partial charge >= 0.3 is 0 Å². The molecule has 2 aromatic carbocycles. The molecule has 2 aromatic heterocycles. The van der Waals surface area contributed by atoms with E-state index in [1.807, 2.05) is 56.3 Å². The maximum absolute atomic E-state index is 12.5. The fourth-order valence-electron chi connectivity index (χ4n) is 3.00. The summed E-state index contributed by atoms with van der Waals surface area (Å²) < 4.78 is 13.0. The molecule has 0 bridgehead atoms. The molecule has 0 aliphatic carbocycles. The van der Waals surface area contributed by atoms with Crippen LogP contribution in [-0.4, -0.2) is 20.7 Å². The number of benzene rings is 2. The van der Waals surface area contributed by atoms with Crippen molar-refractivity contribution in [3.05, 3.63) is 94.2 Å². The molecule has 8 heteroatoms. The smallest absolute Gasteiger partial charge is 0.293 e. The number of halogens is 1. The number of aryl methyl sites for hydroxylation is 2. The van der Waals surface area contributed by atoms with Gasteiger partial charge in [0.1, 0.15) is 24.4 Å². The SMILES string of the molecule is Cc1ccc(C)c(OCc2ccc(C(=O)Nc3ncn(Cc4cccc(Cl)c4)n3)o2)c1. The summed E-state index contributed by atoms with van der Waals surface area (Å²) in [5, 5.41) is 7.56. The van der Waals surface area contributed by atoms with Gasteiger partial charge in [-0.1, -0.05) is 35.9 Å². The van der Waals surface area contributed by atoms with Crippen molar-refractivity contribution in [3.8, 4) is 5.75 Å². The maximum Gasteiger partial charge on any atom is 0.293 e. The fraction of sp³-hybridized carbons (Fsp3) is 0.174. The largest absolute Gasteiger partial charge is 0.485 e. The summed E-state index contributed by atoms with van der Waals surface area (Å²) in [6, 6.07) is 16.8. The van der Waals surface area contributed by atoms with Crippen LogP contribution in [0.25, 0.3) is 0 Å². The number of rotatable bonds is 7. The van der Waals surface area contributed by atoms with Crippen LogP contribution in [0.5, 0.6) is 5.75 Å². The van der Waals surface area contributed by atoms with Crippen LogP contribution >= 0.6 is 11.6 Å². The van der Waals surface area contributed by atoms with Crippen molar-refractivity contribution >= 4 is 23.5 Å². The summed E-state index contributed by atoms with van der Waals surface area (Å²) in [6.45, 7) is 4.70. The molecule has 0 aliphatic heterocycles. The predicted octanol–water partition coefficient (Wildman–Crippen LogP) is 5.02. The third kappa shape index (κ3) is 5.32. The zero-order valence-corrected chi connectivity index (χ0v) is 17.9. The highest BCUT2D eigenvalue weighted by Gasteiger charge is 2.14. The van der Waals surface area contributed by atoms with E-state index in [9.17, 15) is 4.79 Å². The molecule has 1 N–H and O–H groups in total. The minimum Gasteiger partial charge on any atom is -0.485 e. The quantitative estimate of drug-likeness (QED) is 0.439. The van der Waals surface area contributed by atoms with Crippen molar-refractivity contribution in [3.63, 3.8) is 0 Å². The van der Waals surface area contributed by atoms with Gasteiger partial charge in [0.15, 0.2) is 5.76 Å². The lowest BCUT2D eigenvalue weighted by atomic mass is 10.1. The van der Waals surface area contributed by atoms with Crippen molar-refractivity contribution in [1.82, 2.24) is 14.8 Å². The molecule has 0 aliphatic rings. The lowest BCUT2D eigenvalue weighted by Crippen LogP contribution is -2.12. The standard InChI is InChI=1S/C23H21ClN4O3/c1-15-6-7-16(2)21(10-15)30-13-19-8-9-20(31-19)22(29)26-23-25-14-28(27-23)12-17-4-3-5-18(24)11-17/h3-11,14H,12-13H2,1-2H3,(H,26,27,29). The highest BCUT2D eigenvalue weighted by Crippen LogP contribution is 2.21. The van der Waals surface area contributed by atoms with Crippen molar-refractivity contribution in [2.24, 2.45) is 0 Å². The van der Waals surface area contributed by atoms with Crippen LogP contribution in [0.3, 0.4) is 0 Å². The zero-order valence-electron chi connectivity index (χ0n) is 17.1. The van der Waals surface area contributed by atoms with Crippen LogP contribution in [0.15, 0.2) is 65.3 Å². The van der Waals surface area contributed by atoms with Crippen LogP contribution < -0.4 is 10.1 Å². The fourth-order valence-corrected chi connectivity index (χ4v) is 3.22. The Morgan fingerprint density at radius 2 is 2.03 bits per heavy atom. The van der Waals surface area contributed by atoms with Gasteiger partial charge in [-0.3, -0.25) is 10.1 Å². The Kier molecular flexibility index (Phi) is 6.04. The van der Waals surface area contributed by atoms with Gasteiger partial charge in [0.05, 0.1) is 6.54 Å². The topological polar surface area (TPSA) is 82.2 Å². The van der Waals surface area contributed by atoms with Gasteiger partial charge in [-0.25, -0.2) is 9.67 Å². The van der Waals surface area contributed by atoms with Gasteiger partial charge in [0.2, 0.25) is 5.95 Å². The predicted molar refractivity (Wildman–Crippen MR) is 117 cm³/mol. The maximum atomic E-state index is 12.5. The molecular formula is C23H21ClN4O3.